The van der Waals surface area contributed by atoms with Crippen LogP contribution in [0, 0.1) is 0 Å². The molecule has 1 fully saturated rings. The molecule has 0 radical (unpaired) electrons. The highest BCUT2D eigenvalue weighted by atomic mass is 32.2. The number of hydrogen-bond acceptors (Lipinski definition) is 5. The van der Waals surface area contributed by atoms with Gasteiger partial charge in [0.1, 0.15) is 5.75 Å². The molecule has 3 rings (SSSR count). The number of hydrogen-bond donors (Lipinski definition) is 1. The molecule has 1 aromatic rings. The molecule has 25 heavy (non-hydrogen) atoms. The molecule has 2 aliphatic heterocycles. The Morgan fingerprint density at radius 2 is 2.08 bits per heavy atom. The Morgan fingerprint density at radius 1 is 1.36 bits per heavy atom. The summed E-state index contributed by atoms with van der Waals surface area (Å²) in [6.07, 6.45) is 2.03. The maximum atomic E-state index is 12.9. The molecule has 2 heterocycles. The Bertz CT molecular complexity index is 741. The summed E-state index contributed by atoms with van der Waals surface area (Å²) in [5.74, 6) is -0.0813. The Morgan fingerprint density at radius 3 is 2.72 bits per heavy atom. The van der Waals surface area contributed by atoms with Crippen LogP contribution in [0.5, 0.6) is 5.75 Å². The fourth-order valence-corrected chi connectivity index (χ4v) is 5.11. The first kappa shape index (κ1) is 18.2. The van der Waals surface area contributed by atoms with Crippen molar-refractivity contribution in [3.8, 4) is 5.75 Å². The third-order valence-electron chi connectivity index (χ3n) is 4.98. The van der Waals surface area contributed by atoms with Gasteiger partial charge in [0.05, 0.1) is 18.0 Å². The van der Waals surface area contributed by atoms with Gasteiger partial charge in [0.15, 0.2) is 0 Å². The van der Waals surface area contributed by atoms with Gasteiger partial charge in [0.2, 0.25) is 10.0 Å². The second-order valence-electron chi connectivity index (χ2n) is 6.46. The van der Waals surface area contributed by atoms with Gasteiger partial charge in [0, 0.05) is 25.6 Å². The average Bonchev–Trinajstić information content (AvgIpc) is 3.07. The summed E-state index contributed by atoms with van der Waals surface area (Å²) in [5.41, 5.74) is 0.939. The van der Waals surface area contributed by atoms with E-state index in [9.17, 15) is 13.2 Å². The SMILES string of the molecule is CCN(CC(=O)O)C1CCN(S(=O)(=O)c2ccc3c(c2)CCO3)CC1. The second kappa shape index (κ2) is 7.31. The predicted octanol–water partition coefficient (Wildman–Crippen LogP) is 1.18. The molecule has 0 bridgehead atoms. The molecule has 138 valence electrons. The summed E-state index contributed by atoms with van der Waals surface area (Å²) in [6, 6.07) is 5.16. The zero-order chi connectivity index (χ0) is 18.0. The van der Waals surface area contributed by atoms with Gasteiger partial charge in [-0.15, -0.1) is 0 Å². The zero-order valence-corrected chi connectivity index (χ0v) is 15.2. The number of likely N-dealkylation sites (N-methyl/N-ethyl adjacent to an activating group) is 1. The molecule has 0 saturated carbocycles. The summed E-state index contributed by atoms with van der Waals surface area (Å²) >= 11 is 0. The molecule has 0 atom stereocenters. The predicted molar refractivity (Wildman–Crippen MR) is 92.3 cm³/mol. The van der Waals surface area contributed by atoms with Crippen molar-refractivity contribution >= 4 is 16.0 Å². The molecule has 0 aromatic heterocycles. The Kier molecular flexibility index (Phi) is 5.31. The lowest BCUT2D eigenvalue weighted by atomic mass is 10.0. The van der Waals surface area contributed by atoms with Crippen LogP contribution in [0.25, 0.3) is 0 Å². The van der Waals surface area contributed by atoms with Gasteiger partial charge in [-0.3, -0.25) is 9.69 Å². The highest BCUT2D eigenvalue weighted by Crippen LogP contribution is 2.30. The molecule has 1 N–H and O–H groups in total. The summed E-state index contributed by atoms with van der Waals surface area (Å²) in [6.45, 7) is 4.00. The van der Waals surface area contributed by atoms with E-state index in [1.807, 2.05) is 11.8 Å². The van der Waals surface area contributed by atoms with Crippen LogP contribution in [0.3, 0.4) is 0 Å². The van der Waals surface area contributed by atoms with Gasteiger partial charge < -0.3 is 9.84 Å². The Balaban J connectivity index is 1.68. The molecular formula is C17H24N2O5S. The summed E-state index contributed by atoms with van der Waals surface area (Å²) in [5, 5.41) is 8.99. The highest BCUT2D eigenvalue weighted by Gasteiger charge is 2.32. The van der Waals surface area contributed by atoms with Crippen molar-refractivity contribution in [3.05, 3.63) is 23.8 Å². The lowest BCUT2D eigenvalue weighted by Crippen LogP contribution is -2.48. The number of fused-ring (bicyclic) bond motifs is 1. The van der Waals surface area contributed by atoms with E-state index >= 15 is 0 Å². The van der Waals surface area contributed by atoms with Crippen molar-refractivity contribution in [2.24, 2.45) is 0 Å². The minimum absolute atomic E-state index is 0.00125. The van der Waals surface area contributed by atoms with Crippen LogP contribution >= 0.6 is 0 Å². The van der Waals surface area contributed by atoms with E-state index in [2.05, 4.69) is 0 Å². The van der Waals surface area contributed by atoms with Crippen molar-refractivity contribution < 1.29 is 23.1 Å². The molecule has 8 heteroatoms. The molecular weight excluding hydrogens is 344 g/mol. The first-order chi connectivity index (χ1) is 11.9. The van der Waals surface area contributed by atoms with Crippen molar-refractivity contribution in [1.82, 2.24) is 9.21 Å². The standard InChI is InChI=1S/C17H24N2O5S/c1-2-18(12-17(20)21)14-5-8-19(9-6-14)25(22,23)15-3-4-16-13(11-15)7-10-24-16/h3-4,11,14H,2,5-10,12H2,1H3,(H,20,21). The van der Waals surface area contributed by atoms with E-state index in [0.29, 0.717) is 44.0 Å². The van der Waals surface area contributed by atoms with E-state index in [0.717, 1.165) is 17.7 Å². The lowest BCUT2D eigenvalue weighted by molar-refractivity contribution is -0.139. The normalized spacial score (nSPS) is 19.0. The van der Waals surface area contributed by atoms with Crippen LogP contribution in [-0.4, -0.2) is 67.5 Å². The van der Waals surface area contributed by atoms with Gasteiger partial charge in [-0.05, 0) is 43.1 Å². The van der Waals surface area contributed by atoms with Crippen LogP contribution in [0.1, 0.15) is 25.3 Å². The molecule has 0 spiro atoms. The maximum Gasteiger partial charge on any atom is 0.317 e. The number of rotatable bonds is 6. The number of piperidine rings is 1. The van der Waals surface area contributed by atoms with E-state index in [1.54, 1.807) is 18.2 Å². The van der Waals surface area contributed by atoms with Gasteiger partial charge in [0.25, 0.3) is 0 Å². The van der Waals surface area contributed by atoms with E-state index in [4.69, 9.17) is 9.84 Å². The first-order valence-corrected chi connectivity index (χ1v) is 10.1. The Hall–Kier alpha value is -1.64. The number of carboxylic acid groups (broad SMARTS) is 1. The first-order valence-electron chi connectivity index (χ1n) is 8.63. The van der Waals surface area contributed by atoms with Crippen LogP contribution < -0.4 is 4.74 Å². The third kappa shape index (κ3) is 3.80. The number of carboxylic acids is 1. The minimum Gasteiger partial charge on any atom is -0.493 e. The number of sulfonamides is 1. The monoisotopic (exact) mass is 368 g/mol. The van der Waals surface area contributed by atoms with Gasteiger partial charge in [-0.2, -0.15) is 4.31 Å². The number of ether oxygens (including phenoxy) is 1. The highest BCUT2D eigenvalue weighted by molar-refractivity contribution is 7.89. The smallest absolute Gasteiger partial charge is 0.317 e. The van der Waals surface area contributed by atoms with Crippen LogP contribution in [0.4, 0.5) is 0 Å². The van der Waals surface area contributed by atoms with Gasteiger partial charge >= 0.3 is 5.97 Å². The summed E-state index contributed by atoms with van der Waals surface area (Å²) < 4.78 is 32.7. The van der Waals surface area contributed by atoms with Crippen LogP contribution in [0.15, 0.2) is 23.1 Å². The largest absolute Gasteiger partial charge is 0.493 e. The molecule has 0 amide bonds. The quantitative estimate of drug-likeness (QED) is 0.811. The zero-order valence-electron chi connectivity index (χ0n) is 14.3. The molecule has 1 aromatic carbocycles. The fraction of sp³-hybridized carbons (Fsp3) is 0.588. The second-order valence-corrected chi connectivity index (χ2v) is 8.40. The van der Waals surface area contributed by atoms with E-state index in [1.165, 1.54) is 4.31 Å². The van der Waals surface area contributed by atoms with Crippen molar-refractivity contribution in [1.29, 1.82) is 0 Å². The number of nitrogens with zero attached hydrogens (tertiary/aromatic N) is 2. The summed E-state index contributed by atoms with van der Waals surface area (Å²) in [7, 11) is -3.52. The van der Waals surface area contributed by atoms with Crippen molar-refractivity contribution in [3.63, 3.8) is 0 Å². The third-order valence-corrected chi connectivity index (χ3v) is 6.88. The minimum atomic E-state index is -3.52. The summed E-state index contributed by atoms with van der Waals surface area (Å²) in [4.78, 5) is 13.2. The molecule has 2 aliphatic rings. The van der Waals surface area contributed by atoms with Crippen molar-refractivity contribution in [2.45, 2.75) is 37.1 Å². The molecule has 1 saturated heterocycles. The molecule has 0 unspecified atom stereocenters. The average molecular weight is 368 g/mol. The number of carbonyl (C=O) groups is 1. The maximum absolute atomic E-state index is 12.9. The van der Waals surface area contributed by atoms with Gasteiger partial charge in [-0.1, -0.05) is 6.92 Å². The number of aliphatic carboxylic acids is 1. The Labute approximate surface area is 148 Å². The topological polar surface area (TPSA) is 87.2 Å². The lowest BCUT2D eigenvalue weighted by Gasteiger charge is -2.36. The van der Waals surface area contributed by atoms with E-state index < -0.39 is 16.0 Å². The van der Waals surface area contributed by atoms with Gasteiger partial charge in [-0.25, -0.2) is 8.42 Å². The van der Waals surface area contributed by atoms with Crippen LogP contribution in [-0.2, 0) is 21.2 Å². The molecule has 7 nitrogen and oxygen atoms in total. The number of benzene rings is 1. The molecule has 0 aliphatic carbocycles. The van der Waals surface area contributed by atoms with Crippen LogP contribution in [0.2, 0.25) is 0 Å². The van der Waals surface area contributed by atoms with Crippen molar-refractivity contribution in [2.75, 3.05) is 32.8 Å². The van der Waals surface area contributed by atoms with E-state index in [-0.39, 0.29) is 12.6 Å². The fourth-order valence-electron chi connectivity index (χ4n) is 3.59.